The Balaban J connectivity index is 1.80. The molecule has 2 rings (SSSR count). The van der Waals surface area contributed by atoms with Gasteiger partial charge in [-0.3, -0.25) is 0 Å². The van der Waals surface area contributed by atoms with Crippen molar-refractivity contribution in [1.29, 1.82) is 0 Å². The van der Waals surface area contributed by atoms with Gasteiger partial charge < -0.3 is 10.4 Å². The van der Waals surface area contributed by atoms with Crippen molar-refractivity contribution in [2.24, 2.45) is 5.92 Å². The van der Waals surface area contributed by atoms with E-state index in [1.807, 2.05) is 0 Å². The second kappa shape index (κ2) is 4.01. The molecule has 1 aliphatic heterocycles. The van der Waals surface area contributed by atoms with E-state index < -0.39 is 15.6 Å². The van der Waals surface area contributed by atoms with Gasteiger partial charge in [0.25, 0.3) is 0 Å². The summed E-state index contributed by atoms with van der Waals surface area (Å²) in [5, 5.41) is 12.9. The minimum atomic E-state index is -3.18. The molecule has 0 radical (unpaired) electrons. The number of nitrogens with one attached hydrogen (secondary N) is 2. The number of β-amino-alcohol motifs (C(OH)–C–C–N with tert-alkyl or cyclic N) is 1. The van der Waals surface area contributed by atoms with Crippen LogP contribution < -0.4 is 10.0 Å². The van der Waals surface area contributed by atoms with Crippen molar-refractivity contribution < 1.29 is 13.5 Å². The van der Waals surface area contributed by atoms with Gasteiger partial charge in [0.05, 0.1) is 11.4 Å². The minimum Gasteiger partial charge on any atom is -0.387 e. The standard InChI is InChI=1S/C9H18N2O3S/c12-9(3-4-10-6-9)7-11-15(13,14)5-8-1-2-8/h8,10-12H,1-7H2. The lowest BCUT2D eigenvalue weighted by atomic mass is 10.1. The van der Waals surface area contributed by atoms with Gasteiger partial charge >= 0.3 is 0 Å². The maximum Gasteiger partial charge on any atom is 0.211 e. The van der Waals surface area contributed by atoms with E-state index in [1.54, 1.807) is 0 Å². The molecule has 1 unspecified atom stereocenters. The van der Waals surface area contributed by atoms with Crippen molar-refractivity contribution >= 4 is 10.0 Å². The van der Waals surface area contributed by atoms with Gasteiger partial charge in [-0.15, -0.1) is 0 Å². The summed E-state index contributed by atoms with van der Waals surface area (Å²) in [7, 11) is -3.18. The van der Waals surface area contributed by atoms with Crippen LogP contribution in [0.2, 0.25) is 0 Å². The van der Waals surface area contributed by atoms with Crippen molar-refractivity contribution in [2.75, 3.05) is 25.4 Å². The van der Waals surface area contributed by atoms with Crippen molar-refractivity contribution in [2.45, 2.75) is 24.9 Å². The summed E-state index contributed by atoms with van der Waals surface area (Å²) >= 11 is 0. The molecule has 0 aromatic heterocycles. The van der Waals surface area contributed by atoms with Crippen LogP contribution in [0.25, 0.3) is 0 Å². The van der Waals surface area contributed by atoms with Crippen LogP contribution in [0, 0.1) is 5.92 Å². The van der Waals surface area contributed by atoms with Gasteiger partial charge in [0.1, 0.15) is 0 Å². The Kier molecular flexibility index (Phi) is 3.03. The first-order chi connectivity index (χ1) is 6.99. The van der Waals surface area contributed by atoms with Gasteiger partial charge in [-0.05, 0) is 31.7 Å². The van der Waals surface area contributed by atoms with Gasteiger partial charge in [-0.1, -0.05) is 0 Å². The van der Waals surface area contributed by atoms with Crippen LogP contribution in [-0.4, -0.2) is 44.5 Å². The van der Waals surface area contributed by atoms with E-state index >= 15 is 0 Å². The van der Waals surface area contributed by atoms with E-state index in [9.17, 15) is 13.5 Å². The molecule has 2 fully saturated rings. The fourth-order valence-corrected chi connectivity index (χ4v) is 3.34. The fourth-order valence-electron chi connectivity index (χ4n) is 1.78. The van der Waals surface area contributed by atoms with E-state index in [2.05, 4.69) is 10.0 Å². The number of sulfonamides is 1. The third-order valence-corrected chi connectivity index (χ3v) is 4.49. The van der Waals surface area contributed by atoms with Gasteiger partial charge in [0, 0.05) is 13.1 Å². The zero-order valence-corrected chi connectivity index (χ0v) is 9.52. The van der Waals surface area contributed by atoms with Crippen LogP contribution in [0.4, 0.5) is 0 Å². The Bertz CT molecular complexity index is 318. The molecule has 1 saturated heterocycles. The third kappa shape index (κ3) is 3.41. The summed E-state index contributed by atoms with van der Waals surface area (Å²) in [6.45, 7) is 1.36. The summed E-state index contributed by atoms with van der Waals surface area (Å²) < 4.78 is 25.6. The molecule has 0 aromatic rings. The number of rotatable bonds is 5. The Labute approximate surface area is 90.3 Å². The average Bonchev–Trinajstić information content (AvgIpc) is 2.83. The molecule has 0 spiro atoms. The molecule has 0 aromatic carbocycles. The van der Waals surface area contributed by atoms with Crippen LogP contribution in [0.3, 0.4) is 0 Å². The van der Waals surface area contributed by atoms with Gasteiger partial charge in [-0.25, -0.2) is 13.1 Å². The number of hydrogen-bond acceptors (Lipinski definition) is 4. The minimum absolute atomic E-state index is 0.134. The quantitative estimate of drug-likeness (QED) is 0.572. The van der Waals surface area contributed by atoms with Crippen LogP contribution in [0.5, 0.6) is 0 Å². The second-order valence-corrected chi connectivity index (χ2v) is 6.55. The Morgan fingerprint density at radius 1 is 1.47 bits per heavy atom. The highest BCUT2D eigenvalue weighted by atomic mass is 32.2. The highest BCUT2D eigenvalue weighted by Crippen LogP contribution is 2.30. The lowest BCUT2D eigenvalue weighted by molar-refractivity contribution is 0.0667. The summed E-state index contributed by atoms with van der Waals surface area (Å²) in [5.41, 5.74) is -0.892. The van der Waals surface area contributed by atoms with Crippen LogP contribution in [-0.2, 0) is 10.0 Å². The lowest BCUT2D eigenvalue weighted by Gasteiger charge is -2.21. The van der Waals surface area contributed by atoms with Gasteiger partial charge in [-0.2, -0.15) is 0 Å². The van der Waals surface area contributed by atoms with Crippen LogP contribution in [0.15, 0.2) is 0 Å². The molecule has 15 heavy (non-hydrogen) atoms. The van der Waals surface area contributed by atoms with Gasteiger partial charge in [0.2, 0.25) is 10.0 Å². The van der Waals surface area contributed by atoms with Crippen molar-refractivity contribution in [3.05, 3.63) is 0 Å². The molecule has 5 nitrogen and oxygen atoms in total. The zero-order chi connectivity index (χ0) is 10.9. The molecular weight excluding hydrogens is 216 g/mol. The highest BCUT2D eigenvalue weighted by molar-refractivity contribution is 7.89. The molecular formula is C9H18N2O3S. The first kappa shape index (κ1) is 11.3. The normalized spacial score (nSPS) is 32.1. The number of aliphatic hydroxyl groups is 1. The Morgan fingerprint density at radius 2 is 2.20 bits per heavy atom. The largest absolute Gasteiger partial charge is 0.387 e. The summed E-state index contributed by atoms with van der Waals surface area (Å²) in [4.78, 5) is 0. The van der Waals surface area contributed by atoms with Crippen molar-refractivity contribution in [3.8, 4) is 0 Å². The highest BCUT2D eigenvalue weighted by Gasteiger charge is 2.34. The Morgan fingerprint density at radius 3 is 2.73 bits per heavy atom. The smallest absolute Gasteiger partial charge is 0.211 e. The van der Waals surface area contributed by atoms with E-state index in [1.165, 1.54) is 0 Å². The molecule has 1 saturated carbocycles. The molecule has 3 N–H and O–H groups in total. The van der Waals surface area contributed by atoms with E-state index in [0.717, 1.165) is 19.4 Å². The first-order valence-corrected chi connectivity index (χ1v) is 7.05. The summed E-state index contributed by atoms with van der Waals surface area (Å²) in [6.07, 6.45) is 2.65. The number of hydrogen-bond donors (Lipinski definition) is 3. The maximum atomic E-state index is 11.5. The molecule has 0 amide bonds. The van der Waals surface area contributed by atoms with Crippen LogP contribution in [0.1, 0.15) is 19.3 Å². The summed E-state index contributed by atoms with van der Waals surface area (Å²) in [6, 6.07) is 0. The zero-order valence-electron chi connectivity index (χ0n) is 8.70. The van der Waals surface area contributed by atoms with E-state index in [-0.39, 0.29) is 12.3 Å². The monoisotopic (exact) mass is 234 g/mol. The van der Waals surface area contributed by atoms with Crippen LogP contribution >= 0.6 is 0 Å². The maximum absolute atomic E-state index is 11.5. The SMILES string of the molecule is O=S(=O)(CC1CC1)NCC1(O)CCNC1. The second-order valence-electron chi connectivity index (χ2n) is 4.70. The summed E-state index contributed by atoms with van der Waals surface area (Å²) in [5.74, 6) is 0.565. The molecule has 6 heteroatoms. The first-order valence-electron chi connectivity index (χ1n) is 5.40. The topological polar surface area (TPSA) is 78.4 Å². The molecule has 2 aliphatic rings. The lowest BCUT2D eigenvalue weighted by Crippen LogP contribution is -2.45. The van der Waals surface area contributed by atoms with Crippen molar-refractivity contribution in [3.63, 3.8) is 0 Å². The molecule has 88 valence electrons. The third-order valence-electron chi connectivity index (χ3n) is 2.99. The predicted molar refractivity (Wildman–Crippen MR) is 57.0 cm³/mol. The molecule has 1 heterocycles. The van der Waals surface area contributed by atoms with Crippen molar-refractivity contribution in [1.82, 2.24) is 10.0 Å². The van der Waals surface area contributed by atoms with Gasteiger partial charge in [0.15, 0.2) is 0 Å². The fraction of sp³-hybridized carbons (Fsp3) is 1.00. The average molecular weight is 234 g/mol. The predicted octanol–water partition coefficient (Wildman–Crippen LogP) is -0.960. The van der Waals surface area contributed by atoms with E-state index in [4.69, 9.17) is 0 Å². The molecule has 1 aliphatic carbocycles. The van der Waals surface area contributed by atoms with E-state index in [0.29, 0.717) is 18.9 Å². The molecule has 0 bridgehead atoms. The molecule has 1 atom stereocenters. The Hall–Kier alpha value is -0.170.